The molecule has 1 rings (SSSR count). The Morgan fingerprint density at radius 3 is 2.17 bits per heavy atom. The van der Waals surface area contributed by atoms with Gasteiger partial charge >= 0.3 is 11.9 Å². The molecule has 0 bridgehead atoms. The van der Waals surface area contributed by atoms with Gasteiger partial charge in [0.25, 0.3) is 0 Å². The molecule has 1 aliphatic rings. The zero-order valence-electron chi connectivity index (χ0n) is 7.54. The van der Waals surface area contributed by atoms with Crippen LogP contribution in [0, 0.1) is 0 Å². The summed E-state index contributed by atoms with van der Waals surface area (Å²) < 4.78 is 9.89. The zero-order valence-corrected chi connectivity index (χ0v) is 7.54. The molecule has 1 saturated heterocycles. The second-order valence-electron chi connectivity index (χ2n) is 3.12. The Morgan fingerprint density at radius 1 is 1.25 bits per heavy atom. The summed E-state index contributed by atoms with van der Waals surface area (Å²) in [5, 5.41) is 0. The van der Waals surface area contributed by atoms with Gasteiger partial charge in [-0.1, -0.05) is 0 Å². The topological polar surface area (TPSA) is 54.0 Å². The average Bonchev–Trinajstić information content (AvgIpc) is 2.03. The zero-order chi connectivity index (χ0) is 9.41. The summed E-state index contributed by atoms with van der Waals surface area (Å²) in [6, 6.07) is 0. The van der Waals surface area contributed by atoms with Crippen molar-refractivity contribution in [3.63, 3.8) is 0 Å². The first-order valence-electron chi connectivity index (χ1n) is 3.60. The summed E-state index contributed by atoms with van der Waals surface area (Å²) in [6.45, 7) is 6.04. The van der Waals surface area contributed by atoms with E-state index in [1.54, 1.807) is 13.8 Å². The lowest BCUT2D eigenvalue weighted by Gasteiger charge is -2.20. The Hall–Kier alpha value is -0.650. The highest BCUT2D eigenvalue weighted by molar-refractivity contribution is 5.66. The van der Waals surface area contributed by atoms with Crippen molar-refractivity contribution in [3.8, 4) is 0 Å². The Balaban J connectivity index is 2.58. The van der Waals surface area contributed by atoms with Crippen LogP contribution in [-0.4, -0.2) is 17.7 Å². The minimum absolute atomic E-state index is 0.487. The van der Waals surface area contributed by atoms with Crippen molar-refractivity contribution in [2.24, 2.45) is 0 Å². The lowest BCUT2D eigenvalue weighted by Crippen LogP contribution is -2.34. The van der Waals surface area contributed by atoms with Gasteiger partial charge in [-0.25, -0.2) is 0 Å². The fourth-order valence-corrected chi connectivity index (χ4v) is 0.955. The van der Waals surface area contributed by atoms with Crippen LogP contribution in [0.5, 0.6) is 0 Å². The normalized spacial score (nSPS) is 33.3. The van der Waals surface area contributed by atoms with Crippen LogP contribution >= 0.6 is 0 Å². The first-order chi connectivity index (χ1) is 5.33. The van der Waals surface area contributed by atoms with Crippen LogP contribution in [0.1, 0.15) is 27.7 Å². The maximum Gasteiger partial charge on any atom is 0.356 e. The molecule has 0 aromatic carbocycles. The quantitative estimate of drug-likeness (QED) is 0.439. The molecule has 5 nitrogen and oxygen atoms in total. The van der Waals surface area contributed by atoms with Crippen LogP contribution < -0.4 is 0 Å². The molecule has 0 aliphatic carbocycles. The third-order valence-electron chi connectivity index (χ3n) is 1.15. The van der Waals surface area contributed by atoms with Crippen molar-refractivity contribution in [1.29, 1.82) is 0 Å². The monoisotopic (exact) mass is 176 g/mol. The lowest BCUT2D eigenvalue weighted by molar-refractivity contribution is -0.396. The molecule has 12 heavy (non-hydrogen) atoms. The van der Waals surface area contributed by atoms with Crippen molar-refractivity contribution in [3.05, 3.63) is 0 Å². The molecule has 0 N–H and O–H groups in total. The van der Waals surface area contributed by atoms with Gasteiger partial charge < -0.3 is 4.74 Å². The van der Waals surface area contributed by atoms with Crippen LogP contribution in [0.3, 0.4) is 0 Å². The summed E-state index contributed by atoms with van der Waals surface area (Å²) in [6.07, 6.45) is 0. The van der Waals surface area contributed by atoms with Gasteiger partial charge in [0, 0.05) is 13.8 Å². The first kappa shape index (κ1) is 9.44. The van der Waals surface area contributed by atoms with Gasteiger partial charge in [0.05, 0.1) is 0 Å². The molecule has 1 fully saturated rings. The standard InChI is InChI=1S/C7H12O5/c1-5(8)9-7(4)10-6(2,3)11-12-7/h1-4H3. The van der Waals surface area contributed by atoms with E-state index in [0.29, 0.717) is 0 Å². The van der Waals surface area contributed by atoms with E-state index in [9.17, 15) is 4.79 Å². The molecule has 1 unspecified atom stereocenters. The highest BCUT2D eigenvalue weighted by Gasteiger charge is 2.47. The van der Waals surface area contributed by atoms with E-state index >= 15 is 0 Å². The van der Waals surface area contributed by atoms with E-state index in [1.165, 1.54) is 13.8 Å². The van der Waals surface area contributed by atoms with Crippen LogP contribution in [0.4, 0.5) is 0 Å². The van der Waals surface area contributed by atoms with Crippen LogP contribution in [0.25, 0.3) is 0 Å². The van der Waals surface area contributed by atoms with Gasteiger partial charge in [-0.05, 0) is 13.8 Å². The minimum atomic E-state index is -1.42. The SMILES string of the molecule is CC(=O)OC1(C)OOC(C)(C)O1. The van der Waals surface area contributed by atoms with Gasteiger partial charge in [-0.3, -0.25) is 9.53 Å². The van der Waals surface area contributed by atoms with Crippen LogP contribution in [0.2, 0.25) is 0 Å². The van der Waals surface area contributed by atoms with E-state index in [0.717, 1.165) is 0 Å². The summed E-state index contributed by atoms with van der Waals surface area (Å²) in [4.78, 5) is 20.0. The Labute approximate surface area is 70.5 Å². The number of carbonyl (C=O) groups excluding carboxylic acids is 1. The third kappa shape index (κ3) is 2.17. The van der Waals surface area contributed by atoms with Gasteiger partial charge in [0.1, 0.15) is 0 Å². The molecule has 0 saturated carbocycles. The molecule has 1 atom stereocenters. The highest BCUT2D eigenvalue weighted by Crippen LogP contribution is 2.32. The van der Waals surface area contributed by atoms with Gasteiger partial charge in [0.2, 0.25) is 5.79 Å². The number of esters is 1. The average molecular weight is 176 g/mol. The van der Waals surface area contributed by atoms with E-state index in [1.807, 2.05) is 0 Å². The van der Waals surface area contributed by atoms with E-state index in [4.69, 9.17) is 19.2 Å². The fourth-order valence-electron chi connectivity index (χ4n) is 0.955. The Kier molecular flexibility index (Phi) is 2.11. The maximum atomic E-state index is 10.6. The van der Waals surface area contributed by atoms with E-state index in [-0.39, 0.29) is 0 Å². The van der Waals surface area contributed by atoms with Gasteiger partial charge in [-0.2, -0.15) is 9.78 Å². The van der Waals surface area contributed by atoms with E-state index in [2.05, 4.69) is 0 Å². The number of hydrogen-bond donors (Lipinski definition) is 0. The summed E-state index contributed by atoms with van der Waals surface area (Å²) >= 11 is 0. The molecule has 5 heteroatoms. The number of hydrogen-bond acceptors (Lipinski definition) is 5. The van der Waals surface area contributed by atoms with Gasteiger partial charge in [-0.15, -0.1) is 0 Å². The van der Waals surface area contributed by atoms with Crippen molar-refractivity contribution in [1.82, 2.24) is 0 Å². The third-order valence-corrected chi connectivity index (χ3v) is 1.15. The summed E-state index contributed by atoms with van der Waals surface area (Å²) in [5.41, 5.74) is 0. The van der Waals surface area contributed by atoms with Crippen LogP contribution in [-0.2, 0) is 24.0 Å². The second kappa shape index (κ2) is 2.69. The lowest BCUT2D eigenvalue weighted by atomic mass is 10.4. The Morgan fingerprint density at radius 2 is 1.83 bits per heavy atom. The smallest absolute Gasteiger partial charge is 0.356 e. The summed E-state index contributed by atoms with van der Waals surface area (Å²) in [7, 11) is 0. The van der Waals surface area contributed by atoms with Crippen molar-refractivity contribution in [2.45, 2.75) is 39.5 Å². The fraction of sp³-hybridized carbons (Fsp3) is 0.857. The largest absolute Gasteiger partial charge is 0.406 e. The molecule has 0 aromatic rings. The van der Waals surface area contributed by atoms with Crippen molar-refractivity contribution in [2.75, 3.05) is 0 Å². The number of carbonyl (C=O) groups is 1. The molecule has 1 aliphatic heterocycles. The molecule has 0 radical (unpaired) electrons. The number of ether oxygens (including phenoxy) is 2. The predicted molar refractivity (Wildman–Crippen MR) is 37.5 cm³/mol. The number of rotatable bonds is 1. The Bertz CT molecular complexity index is 200. The first-order valence-corrected chi connectivity index (χ1v) is 3.60. The van der Waals surface area contributed by atoms with E-state index < -0.39 is 17.7 Å². The molecule has 0 amide bonds. The molecule has 0 spiro atoms. The second-order valence-corrected chi connectivity index (χ2v) is 3.12. The maximum absolute atomic E-state index is 10.6. The molecular formula is C7H12O5. The van der Waals surface area contributed by atoms with Gasteiger partial charge in [0.15, 0.2) is 0 Å². The molecule has 70 valence electrons. The predicted octanol–water partition coefficient (Wildman–Crippen LogP) is 0.938. The molecule has 1 heterocycles. The minimum Gasteiger partial charge on any atom is -0.406 e. The van der Waals surface area contributed by atoms with Crippen molar-refractivity contribution >= 4 is 5.97 Å². The van der Waals surface area contributed by atoms with Crippen LogP contribution in [0.15, 0.2) is 0 Å². The van der Waals surface area contributed by atoms with Crippen molar-refractivity contribution < 1.29 is 24.0 Å². The molecule has 0 aromatic heterocycles. The highest BCUT2D eigenvalue weighted by atomic mass is 17.3. The summed E-state index contributed by atoms with van der Waals surface area (Å²) in [5.74, 6) is -2.79. The molecular weight excluding hydrogens is 164 g/mol.